The van der Waals surface area contributed by atoms with Crippen LogP contribution in [0, 0.1) is 0 Å². The van der Waals surface area contributed by atoms with Crippen molar-refractivity contribution in [3.63, 3.8) is 0 Å². The quantitative estimate of drug-likeness (QED) is 0.582. The summed E-state index contributed by atoms with van der Waals surface area (Å²) in [6.07, 6.45) is 0. The molecule has 0 saturated heterocycles. The molecule has 0 aliphatic carbocycles. The lowest BCUT2D eigenvalue weighted by molar-refractivity contribution is 0.455. The molecule has 3 nitrogen and oxygen atoms in total. The number of nitrogen functional groups attached to an aromatic ring is 2. The molecule has 0 fully saturated rings. The van der Waals surface area contributed by atoms with Crippen LogP contribution in [0.3, 0.4) is 0 Å². The molecule has 1 aliphatic heterocycles. The molecule has 4 N–H and O–H groups in total. The molecule has 0 radical (unpaired) electrons. The van der Waals surface area contributed by atoms with E-state index in [2.05, 4.69) is 0 Å². The third kappa shape index (κ3) is 1.47. The van der Waals surface area contributed by atoms with Crippen LogP contribution in [-0.2, 0) is 0 Å². The predicted octanol–water partition coefficient (Wildman–Crippen LogP) is 3.11. The largest absolute Gasteiger partial charge is 0.455 e. The van der Waals surface area contributed by atoms with Crippen molar-refractivity contribution in [2.24, 2.45) is 0 Å². The maximum Gasteiger partial charge on any atom is 0.141 e. The van der Waals surface area contributed by atoms with E-state index in [9.17, 15) is 0 Å². The normalized spacial score (nSPS) is 12.5. The first-order valence-electron chi connectivity index (χ1n) is 4.87. The van der Waals surface area contributed by atoms with E-state index in [1.54, 1.807) is 11.8 Å². The molecule has 80 valence electrons. The van der Waals surface area contributed by atoms with E-state index in [1.807, 2.05) is 36.4 Å². The molecule has 0 amide bonds. The zero-order valence-electron chi connectivity index (χ0n) is 8.44. The zero-order valence-corrected chi connectivity index (χ0v) is 9.25. The number of hydrogen-bond acceptors (Lipinski definition) is 4. The monoisotopic (exact) mass is 230 g/mol. The number of hydrogen-bond donors (Lipinski definition) is 2. The Morgan fingerprint density at radius 1 is 0.812 bits per heavy atom. The van der Waals surface area contributed by atoms with E-state index in [0.717, 1.165) is 32.7 Å². The Balaban J connectivity index is 2.10. The van der Waals surface area contributed by atoms with E-state index in [0.29, 0.717) is 0 Å². The Morgan fingerprint density at radius 2 is 1.31 bits per heavy atom. The van der Waals surface area contributed by atoms with Gasteiger partial charge in [0.05, 0.1) is 9.79 Å². The van der Waals surface area contributed by atoms with E-state index in [4.69, 9.17) is 16.2 Å². The average molecular weight is 230 g/mol. The van der Waals surface area contributed by atoms with Crippen LogP contribution < -0.4 is 16.2 Å². The molecule has 4 heteroatoms. The lowest BCUT2D eigenvalue weighted by Crippen LogP contribution is -1.97. The maximum absolute atomic E-state index is 5.76. The van der Waals surface area contributed by atoms with Gasteiger partial charge in [-0.05, 0) is 36.4 Å². The second-order valence-corrected chi connectivity index (χ2v) is 4.70. The van der Waals surface area contributed by atoms with Crippen LogP contribution in [0.1, 0.15) is 0 Å². The number of benzene rings is 2. The number of rotatable bonds is 0. The van der Waals surface area contributed by atoms with Crippen LogP contribution in [-0.4, -0.2) is 0 Å². The summed E-state index contributed by atoms with van der Waals surface area (Å²) >= 11 is 1.63. The average Bonchev–Trinajstić information content (AvgIpc) is 2.26. The SMILES string of the molecule is Nc1ccc2c(c1)Sc1cc(N)ccc1O2. The number of anilines is 2. The van der Waals surface area contributed by atoms with Crippen molar-refractivity contribution in [1.29, 1.82) is 0 Å². The highest BCUT2D eigenvalue weighted by molar-refractivity contribution is 7.99. The van der Waals surface area contributed by atoms with Crippen LogP contribution >= 0.6 is 11.8 Å². The highest BCUT2D eigenvalue weighted by atomic mass is 32.2. The van der Waals surface area contributed by atoms with Gasteiger partial charge in [-0.15, -0.1) is 0 Å². The van der Waals surface area contributed by atoms with E-state index in [-0.39, 0.29) is 0 Å². The third-order valence-electron chi connectivity index (χ3n) is 2.38. The smallest absolute Gasteiger partial charge is 0.141 e. The molecule has 2 aromatic carbocycles. The van der Waals surface area contributed by atoms with Gasteiger partial charge in [0.25, 0.3) is 0 Å². The molecule has 0 atom stereocenters. The Hall–Kier alpha value is -1.81. The molecule has 16 heavy (non-hydrogen) atoms. The van der Waals surface area contributed by atoms with Gasteiger partial charge in [0.15, 0.2) is 0 Å². The lowest BCUT2D eigenvalue weighted by atomic mass is 10.3. The molecule has 1 aliphatic rings. The number of nitrogens with two attached hydrogens (primary N) is 2. The molecule has 1 heterocycles. The lowest BCUT2D eigenvalue weighted by Gasteiger charge is -2.19. The molecule has 0 bridgehead atoms. The van der Waals surface area contributed by atoms with Gasteiger partial charge in [-0.3, -0.25) is 0 Å². The summed E-state index contributed by atoms with van der Waals surface area (Å²) in [6, 6.07) is 11.3. The van der Waals surface area contributed by atoms with E-state index >= 15 is 0 Å². The first-order valence-corrected chi connectivity index (χ1v) is 5.69. The fourth-order valence-corrected chi connectivity index (χ4v) is 2.66. The fourth-order valence-electron chi connectivity index (χ4n) is 1.61. The highest BCUT2D eigenvalue weighted by Gasteiger charge is 2.17. The first-order chi connectivity index (χ1) is 7.72. The molecule has 0 saturated carbocycles. The summed E-state index contributed by atoms with van der Waals surface area (Å²) < 4.78 is 5.76. The summed E-state index contributed by atoms with van der Waals surface area (Å²) in [6.45, 7) is 0. The van der Waals surface area contributed by atoms with Gasteiger partial charge >= 0.3 is 0 Å². The minimum absolute atomic E-state index is 0.738. The molecular formula is C12H10N2OS. The topological polar surface area (TPSA) is 61.3 Å². The van der Waals surface area contributed by atoms with Crippen LogP contribution in [0.2, 0.25) is 0 Å². The Kier molecular flexibility index (Phi) is 1.97. The summed E-state index contributed by atoms with van der Waals surface area (Å²) in [4.78, 5) is 2.05. The second-order valence-electron chi connectivity index (χ2n) is 3.62. The van der Waals surface area contributed by atoms with Crippen LogP contribution in [0.5, 0.6) is 11.5 Å². The van der Waals surface area contributed by atoms with Crippen molar-refractivity contribution >= 4 is 23.1 Å². The Labute approximate surface area is 97.4 Å². The van der Waals surface area contributed by atoms with Crippen molar-refractivity contribution in [3.8, 4) is 11.5 Å². The molecule has 0 unspecified atom stereocenters. The standard InChI is InChI=1S/C12H10N2OS/c13-7-1-3-9-11(5-7)16-12-6-8(14)2-4-10(12)15-9/h1-6H,13-14H2. The summed E-state index contributed by atoms with van der Waals surface area (Å²) in [5.74, 6) is 1.69. The van der Waals surface area contributed by atoms with Gasteiger partial charge in [-0.25, -0.2) is 0 Å². The number of ether oxygens (including phenoxy) is 1. The minimum atomic E-state index is 0.738. The Morgan fingerprint density at radius 3 is 1.81 bits per heavy atom. The summed E-state index contributed by atoms with van der Waals surface area (Å²) in [5, 5.41) is 0. The van der Waals surface area contributed by atoms with Crippen molar-refractivity contribution in [2.75, 3.05) is 11.5 Å². The maximum atomic E-state index is 5.76. The highest BCUT2D eigenvalue weighted by Crippen LogP contribution is 2.47. The van der Waals surface area contributed by atoms with Crippen molar-refractivity contribution < 1.29 is 4.74 Å². The van der Waals surface area contributed by atoms with E-state index < -0.39 is 0 Å². The summed E-state index contributed by atoms with van der Waals surface area (Å²) in [7, 11) is 0. The zero-order chi connectivity index (χ0) is 11.1. The van der Waals surface area contributed by atoms with Crippen LogP contribution in [0.25, 0.3) is 0 Å². The van der Waals surface area contributed by atoms with Crippen molar-refractivity contribution in [1.82, 2.24) is 0 Å². The summed E-state index contributed by atoms with van der Waals surface area (Å²) in [5.41, 5.74) is 13.0. The van der Waals surface area contributed by atoms with Gasteiger partial charge in [0, 0.05) is 11.4 Å². The van der Waals surface area contributed by atoms with Gasteiger partial charge in [-0.2, -0.15) is 0 Å². The molecule has 3 rings (SSSR count). The fraction of sp³-hybridized carbons (Fsp3) is 0. The molecule has 2 aromatic rings. The van der Waals surface area contributed by atoms with E-state index in [1.165, 1.54) is 0 Å². The van der Waals surface area contributed by atoms with Gasteiger partial charge in [-0.1, -0.05) is 11.8 Å². The van der Waals surface area contributed by atoms with Gasteiger partial charge in [0.1, 0.15) is 11.5 Å². The third-order valence-corrected chi connectivity index (χ3v) is 3.45. The van der Waals surface area contributed by atoms with Crippen LogP contribution in [0.4, 0.5) is 11.4 Å². The van der Waals surface area contributed by atoms with Crippen molar-refractivity contribution in [3.05, 3.63) is 36.4 Å². The first kappa shape index (κ1) is 9.42. The van der Waals surface area contributed by atoms with Crippen molar-refractivity contribution in [2.45, 2.75) is 9.79 Å². The van der Waals surface area contributed by atoms with Gasteiger partial charge < -0.3 is 16.2 Å². The van der Waals surface area contributed by atoms with Crippen LogP contribution in [0.15, 0.2) is 46.2 Å². The number of fused-ring (bicyclic) bond motifs is 2. The predicted molar refractivity (Wildman–Crippen MR) is 65.9 cm³/mol. The van der Waals surface area contributed by atoms with Gasteiger partial charge in [0.2, 0.25) is 0 Å². The molecule has 0 spiro atoms. The second kappa shape index (κ2) is 3.35. The molecular weight excluding hydrogens is 220 g/mol. The minimum Gasteiger partial charge on any atom is -0.455 e. The molecule has 0 aromatic heterocycles. The Bertz CT molecular complexity index is 519.